The van der Waals surface area contributed by atoms with Crippen molar-refractivity contribution in [2.24, 2.45) is 0 Å². The van der Waals surface area contributed by atoms with Gasteiger partial charge in [-0.2, -0.15) is 0 Å². The van der Waals surface area contributed by atoms with Crippen molar-refractivity contribution in [3.63, 3.8) is 0 Å². The number of hydrogen-bond donors (Lipinski definition) is 1. The molecule has 1 saturated heterocycles. The van der Waals surface area contributed by atoms with Crippen LogP contribution in [-0.4, -0.2) is 45.3 Å². The molecule has 1 aromatic heterocycles. The summed E-state index contributed by atoms with van der Waals surface area (Å²) in [6.45, 7) is 2.32. The van der Waals surface area contributed by atoms with Crippen LogP contribution in [0.25, 0.3) is 11.5 Å². The Bertz CT molecular complexity index is 769. The maximum Gasteiger partial charge on any atom is 0.277 e. The third-order valence-corrected chi connectivity index (χ3v) is 7.03. The molecule has 8 heteroatoms. The van der Waals surface area contributed by atoms with Gasteiger partial charge in [-0.05, 0) is 61.9 Å². The van der Waals surface area contributed by atoms with E-state index in [0.29, 0.717) is 22.9 Å². The van der Waals surface area contributed by atoms with E-state index in [4.69, 9.17) is 4.42 Å². The number of hydrogen-bond acceptors (Lipinski definition) is 7. The summed E-state index contributed by atoms with van der Waals surface area (Å²) in [4.78, 5) is 13.3. The summed E-state index contributed by atoms with van der Waals surface area (Å²) in [5.74, 6) is 0.844. The van der Waals surface area contributed by atoms with Gasteiger partial charge in [-0.15, -0.1) is 10.2 Å². The van der Waals surface area contributed by atoms with Gasteiger partial charge in [-0.25, -0.2) is 4.31 Å². The zero-order valence-electron chi connectivity index (χ0n) is 15.9. The Morgan fingerprint density at radius 1 is 1.07 bits per heavy atom. The van der Waals surface area contributed by atoms with E-state index in [-0.39, 0.29) is 5.91 Å². The highest BCUT2D eigenvalue weighted by Gasteiger charge is 2.17. The van der Waals surface area contributed by atoms with Crippen molar-refractivity contribution < 1.29 is 9.21 Å². The molecule has 1 aliphatic carbocycles. The summed E-state index contributed by atoms with van der Waals surface area (Å²) in [6.07, 6.45) is 8.45. The van der Waals surface area contributed by atoms with Crippen molar-refractivity contribution in [1.29, 1.82) is 0 Å². The van der Waals surface area contributed by atoms with Crippen LogP contribution >= 0.6 is 23.7 Å². The summed E-state index contributed by atoms with van der Waals surface area (Å²) in [5.41, 5.74) is 0.900. The molecular formula is C20H26N4O2S2. The lowest BCUT2D eigenvalue weighted by molar-refractivity contribution is -0.119. The fourth-order valence-electron chi connectivity index (χ4n) is 3.62. The van der Waals surface area contributed by atoms with Crippen LogP contribution in [0.3, 0.4) is 0 Å². The number of benzene rings is 1. The third kappa shape index (κ3) is 5.52. The van der Waals surface area contributed by atoms with E-state index >= 15 is 0 Å². The van der Waals surface area contributed by atoms with E-state index in [1.807, 2.05) is 12.1 Å². The minimum atomic E-state index is 0.0416. The fourth-order valence-corrected chi connectivity index (χ4v) is 5.19. The van der Waals surface area contributed by atoms with Gasteiger partial charge in [0.2, 0.25) is 11.8 Å². The smallest absolute Gasteiger partial charge is 0.277 e. The highest BCUT2D eigenvalue weighted by molar-refractivity contribution is 7.99. The van der Waals surface area contributed by atoms with Crippen LogP contribution in [-0.2, 0) is 4.79 Å². The van der Waals surface area contributed by atoms with Gasteiger partial charge in [0, 0.05) is 29.6 Å². The summed E-state index contributed by atoms with van der Waals surface area (Å²) in [5, 5.41) is 11.7. The van der Waals surface area contributed by atoms with E-state index in [2.05, 4.69) is 32.0 Å². The van der Waals surface area contributed by atoms with Gasteiger partial charge in [-0.3, -0.25) is 4.79 Å². The number of rotatable bonds is 7. The van der Waals surface area contributed by atoms with Crippen molar-refractivity contribution >= 4 is 29.6 Å². The highest BCUT2D eigenvalue weighted by atomic mass is 32.2. The van der Waals surface area contributed by atoms with Gasteiger partial charge in [0.05, 0.1) is 5.75 Å². The van der Waals surface area contributed by atoms with Crippen LogP contribution in [0.5, 0.6) is 0 Å². The molecule has 28 heavy (non-hydrogen) atoms. The maximum atomic E-state index is 12.1. The van der Waals surface area contributed by atoms with Gasteiger partial charge in [0.1, 0.15) is 0 Å². The van der Waals surface area contributed by atoms with Crippen LogP contribution in [0.4, 0.5) is 0 Å². The standard InChI is InChI=1S/C20H26N4O2S2/c25-18(21-16-6-2-1-3-7-16)14-27-20-23-22-19(26-20)15-8-10-17(11-9-15)28-24-12-4-5-13-24/h8-11,16H,1-7,12-14H2,(H,21,25). The molecule has 0 spiro atoms. The van der Waals surface area contributed by atoms with Crippen molar-refractivity contribution in [3.05, 3.63) is 24.3 Å². The molecule has 2 aliphatic rings. The molecule has 0 radical (unpaired) electrons. The van der Waals surface area contributed by atoms with Crippen LogP contribution < -0.4 is 5.32 Å². The maximum absolute atomic E-state index is 12.1. The number of thioether (sulfide) groups is 1. The zero-order chi connectivity index (χ0) is 19.2. The van der Waals surface area contributed by atoms with Gasteiger partial charge in [0.25, 0.3) is 5.22 Å². The van der Waals surface area contributed by atoms with Crippen LogP contribution in [0.1, 0.15) is 44.9 Å². The summed E-state index contributed by atoms with van der Waals surface area (Å²) in [7, 11) is 0. The van der Waals surface area contributed by atoms with Crippen molar-refractivity contribution in [1.82, 2.24) is 19.8 Å². The lowest BCUT2D eigenvalue weighted by atomic mass is 9.95. The summed E-state index contributed by atoms with van der Waals surface area (Å²) >= 11 is 3.10. The number of amides is 1. The molecule has 0 unspecified atom stereocenters. The monoisotopic (exact) mass is 418 g/mol. The second-order valence-corrected chi connectivity index (χ2v) is 9.41. The van der Waals surface area contributed by atoms with Crippen molar-refractivity contribution in [3.8, 4) is 11.5 Å². The second-order valence-electron chi connectivity index (χ2n) is 7.32. The number of nitrogens with zero attached hydrogens (tertiary/aromatic N) is 3. The quantitative estimate of drug-likeness (QED) is 0.528. The Morgan fingerprint density at radius 2 is 1.82 bits per heavy atom. The molecule has 1 aromatic carbocycles. The van der Waals surface area contributed by atoms with E-state index in [1.54, 1.807) is 11.9 Å². The molecule has 1 aliphatic heterocycles. The molecule has 6 nitrogen and oxygen atoms in total. The first kappa shape index (κ1) is 19.8. The van der Waals surface area contributed by atoms with Gasteiger partial charge < -0.3 is 9.73 Å². The van der Waals surface area contributed by atoms with Crippen molar-refractivity contribution in [2.75, 3.05) is 18.8 Å². The minimum absolute atomic E-state index is 0.0416. The molecule has 0 bridgehead atoms. The molecule has 4 rings (SSSR count). The third-order valence-electron chi connectivity index (χ3n) is 5.10. The second kappa shape index (κ2) is 9.80. The molecule has 2 aromatic rings. The van der Waals surface area contributed by atoms with Gasteiger partial charge in [0.15, 0.2) is 0 Å². The molecule has 1 saturated carbocycles. The molecule has 2 fully saturated rings. The molecule has 2 heterocycles. The predicted octanol–water partition coefficient (Wildman–Crippen LogP) is 4.38. The number of carbonyl (C=O) groups is 1. The normalized spacial score (nSPS) is 18.4. The van der Waals surface area contributed by atoms with Crippen molar-refractivity contribution in [2.45, 2.75) is 61.1 Å². The SMILES string of the molecule is O=C(CSc1nnc(-c2ccc(SN3CCCC3)cc2)o1)NC1CCCCC1. The first-order valence-corrected chi connectivity index (χ1v) is 11.8. The molecule has 1 N–H and O–H groups in total. The Balaban J connectivity index is 1.26. The van der Waals surface area contributed by atoms with Gasteiger partial charge >= 0.3 is 0 Å². The van der Waals surface area contributed by atoms with E-state index in [1.165, 1.54) is 48.8 Å². The molecule has 1 amide bonds. The number of carbonyl (C=O) groups excluding carboxylic acids is 1. The Kier molecular flexibility index (Phi) is 6.93. The first-order chi connectivity index (χ1) is 13.8. The number of aromatic nitrogens is 2. The Hall–Kier alpha value is -1.51. The highest BCUT2D eigenvalue weighted by Crippen LogP contribution is 2.29. The molecule has 0 atom stereocenters. The fraction of sp³-hybridized carbons (Fsp3) is 0.550. The summed E-state index contributed by atoms with van der Waals surface area (Å²) < 4.78 is 8.12. The average molecular weight is 419 g/mol. The van der Waals surface area contributed by atoms with Crippen LogP contribution in [0.15, 0.2) is 38.8 Å². The lowest BCUT2D eigenvalue weighted by Gasteiger charge is -2.22. The summed E-state index contributed by atoms with van der Waals surface area (Å²) in [6, 6.07) is 8.53. The van der Waals surface area contributed by atoms with Crippen LogP contribution in [0.2, 0.25) is 0 Å². The van der Waals surface area contributed by atoms with Gasteiger partial charge in [-0.1, -0.05) is 31.0 Å². The molecule has 150 valence electrons. The Labute approximate surface area is 174 Å². The zero-order valence-corrected chi connectivity index (χ0v) is 17.6. The van der Waals surface area contributed by atoms with E-state index in [9.17, 15) is 4.79 Å². The Morgan fingerprint density at radius 3 is 2.57 bits per heavy atom. The minimum Gasteiger partial charge on any atom is -0.411 e. The largest absolute Gasteiger partial charge is 0.411 e. The number of nitrogens with one attached hydrogen (secondary N) is 1. The topological polar surface area (TPSA) is 71.3 Å². The molecular weight excluding hydrogens is 392 g/mol. The first-order valence-electron chi connectivity index (χ1n) is 10.1. The lowest BCUT2D eigenvalue weighted by Crippen LogP contribution is -2.37. The van der Waals surface area contributed by atoms with E-state index < -0.39 is 0 Å². The van der Waals surface area contributed by atoms with Crippen LogP contribution in [0, 0.1) is 0 Å². The predicted molar refractivity (Wildman–Crippen MR) is 112 cm³/mol. The van der Waals surface area contributed by atoms with E-state index in [0.717, 1.165) is 31.5 Å². The average Bonchev–Trinajstić information content (AvgIpc) is 3.40.